The first-order valence-electron chi connectivity index (χ1n) is 8.63. The van der Waals surface area contributed by atoms with Gasteiger partial charge in [0.05, 0.1) is 0 Å². The van der Waals surface area contributed by atoms with Gasteiger partial charge in [-0.3, -0.25) is 0 Å². The standard InChI is InChI=1S/C17H32S2/c1-2-4-6-8-10-12-14-17(15-18-16-19-17)13-11-9-7-5-3-1/h1-16H2. The summed E-state index contributed by atoms with van der Waals surface area (Å²) in [7, 11) is 0. The van der Waals surface area contributed by atoms with Crippen molar-refractivity contribution in [2.75, 3.05) is 10.8 Å². The van der Waals surface area contributed by atoms with Crippen molar-refractivity contribution in [2.45, 2.75) is 94.6 Å². The number of rotatable bonds is 0. The van der Waals surface area contributed by atoms with Crippen molar-refractivity contribution in [3.8, 4) is 0 Å². The minimum atomic E-state index is 0.685. The summed E-state index contributed by atoms with van der Waals surface area (Å²) in [6.07, 6.45) is 20.9. The zero-order valence-electron chi connectivity index (χ0n) is 12.6. The fourth-order valence-electron chi connectivity index (χ4n) is 3.51. The second-order valence-electron chi connectivity index (χ2n) is 6.54. The zero-order chi connectivity index (χ0) is 13.2. The molecule has 2 aliphatic rings. The molecule has 2 heteroatoms. The minimum absolute atomic E-state index is 0.685. The van der Waals surface area contributed by atoms with Crippen LogP contribution in [0.5, 0.6) is 0 Å². The van der Waals surface area contributed by atoms with Crippen LogP contribution in [0.15, 0.2) is 0 Å². The SMILES string of the molecule is C1CCCCCCCC2(CCCCCC1)CSCS2. The summed E-state index contributed by atoms with van der Waals surface area (Å²) in [5.74, 6) is 1.44. The largest absolute Gasteiger partial charge is 0.150 e. The molecule has 0 aromatic heterocycles. The first-order valence-corrected chi connectivity index (χ1v) is 10.8. The molecule has 0 bridgehead atoms. The lowest BCUT2D eigenvalue weighted by Crippen LogP contribution is -2.24. The van der Waals surface area contributed by atoms with Crippen LogP contribution in [-0.2, 0) is 0 Å². The lowest BCUT2D eigenvalue weighted by atomic mass is 9.95. The van der Waals surface area contributed by atoms with Gasteiger partial charge in [0, 0.05) is 15.6 Å². The summed E-state index contributed by atoms with van der Waals surface area (Å²) in [4.78, 5) is 0. The summed E-state index contributed by atoms with van der Waals surface area (Å²) in [6, 6.07) is 0. The highest BCUT2D eigenvalue weighted by Gasteiger charge is 2.33. The molecule has 0 atom stereocenters. The molecule has 0 amide bonds. The van der Waals surface area contributed by atoms with E-state index in [0.717, 1.165) is 0 Å². The van der Waals surface area contributed by atoms with Crippen LogP contribution >= 0.6 is 23.5 Å². The third kappa shape index (κ3) is 6.33. The summed E-state index contributed by atoms with van der Waals surface area (Å²) in [6.45, 7) is 0. The highest BCUT2D eigenvalue weighted by atomic mass is 32.2. The maximum absolute atomic E-state index is 2.29. The predicted molar refractivity (Wildman–Crippen MR) is 92.3 cm³/mol. The normalized spacial score (nSPS) is 27.8. The van der Waals surface area contributed by atoms with Crippen molar-refractivity contribution >= 4 is 23.5 Å². The van der Waals surface area contributed by atoms with Crippen molar-refractivity contribution in [2.24, 2.45) is 0 Å². The van der Waals surface area contributed by atoms with Crippen molar-refractivity contribution in [1.29, 1.82) is 0 Å². The first-order chi connectivity index (χ1) is 9.41. The molecule has 1 saturated carbocycles. The Morgan fingerprint density at radius 2 is 0.947 bits per heavy atom. The third-order valence-corrected chi connectivity index (χ3v) is 8.07. The molecule has 2 fully saturated rings. The van der Waals surface area contributed by atoms with Gasteiger partial charge in [0.2, 0.25) is 0 Å². The Balaban J connectivity index is 1.75. The Morgan fingerprint density at radius 3 is 1.32 bits per heavy atom. The predicted octanol–water partition coefficient (Wildman–Crippen LogP) is 6.64. The first kappa shape index (κ1) is 16.1. The summed E-state index contributed by atoms with van der Waals surface area (Å²) >= 11 is 4.48. The van der Waals surface area contributed by atoms with Crippen LogP contribution in [0.25, 0.3) is 0 Å². The molecule has 1 saturated heterocycles. The number of hydrogen-bond acceptors (Lipinski definition) is 2. The smallest absolute Gasteiger partial charge is 0.0398 e. The fraction of sp³-hybridized carbons (Fsp3) is 1.00. The van der Waals surface area contributed by atoms with E-state index in [2.05, 4.69) is 23.5 Å². The van der Waals surface area contributed by atoms with Crippen LogP contribution in [0.2, 0.25) is 0 Å². The topological polar surface area (TPSA) is 0 Å². The van der Waals surface area contributed by atoms with E-state index in [9.17, 15) is 0 Å². The molecule has 0 unspecified atom stereocenters. The van der Waals surface area contributed by atoms with E-state index in [4.69, 9.17) is 0 Å². The van der Waals surface area contributed by atoms with E-state index in [0.29, 0.717) is 4.75 Å². The highest BCUT2D eigenvalue weighted by molar-refractivity contribution is 8.19. The molecule has 1 heterocycles. The van der Waals surface area contributed by atoms with Crippen LogP contribution in [-0.4, -0.2) is 15.6 Å². The van der Waals surface area contributed by atoms with Crippen LogP contribution in [0.3, 0.4) is 0 Å². The van der Waals surface area contributed by atoms with Crippen LogP contribution in [0, 0.1) is 0 Å². The van der Waals surface area contributed by atoms with Gasteiger partial charge in [-0.05, 0) is 12.8 Å². The Kier molecular flexibility index (Phi) is 8.13. The van der Waals surface area contributed by atoms with Gasteiger partial charge in [-0.2, -0.15) is 0 Å². The Bertz CT molecular complexity index is 203. The number of hydrogen-bond donors (Lipinski definition) is 0. The lowest BCUT2D eigenvalue weighted by molar-refractivity contribution is 0.479. The second kappa shape index (κ2) is 9.60. The number of thioether (sulfide) groups is 2. The molecule has 1 aliphatic carbocycles. The van der Waals surface area contributed by atoms with Crippen molar-refractivity contribution in [3.05, 3.63) is 0 Å². The van der Waals surface area contributed by atoms with E-state index in [1.165, 1.54) is 101 Å². The third-order valence-electron chi connectivity index (χ3n) is 4.83. The second-order valence-corrected chi connectivity index (χ2v) is 9.33. The molecule has 19 heavy (non-hydrogen) atoms. The fourth-order valence-corrected chi connectivity index (χ4v) is 7.00. The van der Waals surface area contributed by atoms with E-state index < -0.39 is 0 Å². The van der Waals surface area contributed by atoms with E-state index >= 15 is 0 Å². The molecule has 0 radical (unpaired) electrons. The molecule has 0 N–H and O–H groups in total. The Labute approximate surface area is 129 Å². The Hall–Kier alpha value is 0.700. The molecule has 0 nitrogen and oxygen atoms in total. The molecule has 2 rings (SSSR count). The van der Waals surface area contributed by atoms with Gasteiger partial charge in [0.15, 0.2) is 0 Å². The van der Waals surface area contributed by atoms with E-state index in [1.54, 1.807) is 0 Å². The maximum Gasteiger partial charge on any atom is 0.0398 e. The van der Waals surface area contributed by atoms with Gasteiger partial charge in [0.25, 0.3) is 0 Å². The molecule has 0 aromatic rings. The van der Waals surface area contributed by atoms with Gasteiger partial charge in [-0.25, -0.2) is 0 Å². The monoisotopic (exact) mass is 300 g/mol. The summed E-state index contributed by atoms with van der Waals surface area (Å²) in [5, 5.41) is 1.36. The average Bonchev–Trinajstić information content (AvgIpc) is 2.87. The summed E-state index contributed by atoms with van der Waals surface area (Å²) < 4.78 is 0.685. The zero-order valence-corrected chi connectivity index (χ0v) is 14.3. The quantitative estimate of drug-likeness (QED) is 0.492. The van der Waals surface area contributed by atoms with Crippen LogP contribution < -0.4 is 0 Å². The van der Waals surface area contributed by atoms with Crippen LogP contribution in [0.1, 0.15) is 89.9 Å². The van der Waals surface area contributed by atoms with Gasteiger partial charge in [0.1, 0.15) is 0 Å². The van der Waals surface area contributed by atoms with Crippen LogP contribution in [0.4, 0.5) is 0 Å². The van der Waals surface area contributed by atoms with Crippen molar-refractivity contribution < 1.29 is 0 Å². The highest BCUT2D eigenvalue weighted by Crippen LogP contribution is 2.46. The molecular formula is C17H32S2. The van der Waals surface area contributed by atoms with Crippen molar-refractivity contribution in [1.82, 2.24) is 0 Å². The molecule has 1 aliphatic heterocycles. The van der Waals surface area contributed by atoms with Gasteiger partial charge >= 0.3 is 0 Å². The molecule has 112 valence electrons. The summed E-state index contributed by atoms with van der Waals surface area (Å²) in [5.41, 5.74) is 0. The van der Waals surface area contributed by atoms with E-state index in [-0.39, 0.29) is 0 Å². The minimum Gasteiger partial charge on any atom is -0.150 e. The molecule has 1 spiro atoms. The average molecular weight is 301 g/mol. The Morgan fingerprint density at radius 1 is 0.526 bits per heavy atom. The van der Waals surface area contributed by atoms with Gasteiger partial charge in [-0.15, -0.1) is 23.5 Å². The van der Waals surface area contributed by atoms with Crippen molar-refractivity contribution in [3.63, 3.8) is 0 Å². The lowest BCUT2D eigenvalue weighted by Gasteiger charge is -2.27. The van der Waals surface area contributed by atoms with Gasteiger partial charge < -0.3 is 0 Å². The van der Waals surface area contributed by atoms with E-state index in [1.807, 2.05) is 0 Å². The molecule has 0 aromatic carbocycles. The molecular weight excluding hydrogens is 268 g/mol. The maximum atomic E-state index is 2.29. The van der Waals surface area contributed by atoms with Gasteiger partial charge in [-0.1, -0.05) is 77.0 Å².